The molecule has 0 heterocycles. The van der Waals surface area contributed by atoms with E-state index in [1.807, 2.05) is 13.8 Å². The Morgan fingerprint density at radius 1 is 1.64 bits per heavy atom. The van der Waals surface area contributed by atoms with Crippen LogP contribution in [0, 0.1) is 5.41 Å². The maximum Gasteiger partial charge on any atom is 0.314 e. The van der Waals surface area contributed by atoms with E-state index in [0.717, 1.165) is 6.42 Å². The van der Waals surface area contributed by atoms with Crippen molar-refractivity contribution in [1.82, 2.24) is 0 Å². The second-order valence-electron chi connectivity index (χ2n) is 2.93. The van der Waals surface area contributed by atoms with E-state index in [0.29, 0.717) is 6.61 Å². The third-order valence-corrected chi connectivity index (χ3v) is 4.29. The van der Waals surface area contributed by atoms with Gasteiger partial charge in [0.1, 0.15) is 0 Å². The highest BCUT2D eigenvalue weighted by Gasteiger charge is 2.67. The van der Waals surface area contributed by atoms with Crippen LogP contribution in [0.2, 0.25) is 0 Å². The molecule has 1 rings (SSSR count). The van der Waals surface area contributed by atoms with Crippen LogP contribution in [0.3, 0.4) is 0 Å². The van der Waals surface area contributed by atoms with E-state index in [2.05, 4.69) is 31.9 Å². The van der Waals surface area contributed by atoms with Crippen molar-refractivity contribution in [3.63, 3.8) is 0 Å². The molecule has 0 N–H and O–H groups in total. The van der Waals surface area contributed by atoms with E-state index < -0.39 is 0 Å². The maximum atomic E-state index is 11.3. The Morgan fingerprint density at radius 2 is 2.09 bits per heavy atom. The summed E-state index contributed by atoms with van der Waals surface area (Å²) in [6.45, 7) is 4.15. The molecule has 1 fully saturated rings. The van der Waals surface area contributed by atoms with Gasteiger partial charge >= 0.3 is 5.97 Å². The van der Waals surface area contributed by atoms with Crippen LogP contribution in [0.15, 0.2) is 0 Å². The van der Waals surface area contributed by atoms with Gasteiger partial charge in [-0.3, -0.25) is 4.79 Å². The molecule has 1 atom stereocenters. The number of hydrogen-bond donors (Lipinski definition) is 0. The molecule has 0 spiro atoms. The smallest absolute Gasteiger partial charge is 0.314 e. The Balaban J connectivity index is 2.57. The Morgan fingerprint density at radius 3 is 2.36 bits per heavy atom. The third-order valence-electron chi connectivity index (χ3n) is 1.98. The van der Waals surface area contributed by atoms with E-state index >= 15 is 0 Å². The lowest BCUT2D eigenvalue weighted by Gasteiger charge is -2.09. The molecule has 4 heteroatoms. The minimum Gasteiger partial charge on any atom is -0.466 e. The SMILES string of the molecule is CCOC(=O)[C@@]1(C)CC1(Br)Br. The van der Waals surface area contributed by atoms with Gasteiger partial charge in [-0.25, -0.2) is 0 Å². The summed E-state index contributed by atoms with van der Waals surface area (Å²) in [6, 6.07) is 0. The van der Waals surface area contributed by atoms with Crippen molar-refractivity contribution in [2.24, 2.45) is 5.41 Å². The standard InChI is InChI=1S/C7H10Br2O2/c1-3-11-5(10)6(2)4-7(6,8)9/h3-4H2,1-2H3/t6-/m1/s1. The van der Waals surface area contributed by atoms with Crippen molar-refractivity contribution >= 4 is 37.8 Å². The fourth-order valence-corrected chi connectivity index (χ4v) is 2.36. The summed E-state index contributed by atoms with van der Waals surface area (Å²) in [7, 11) is 0. The van der Waals surface area contributed by atoms with Gasteiger partial charge in [0.25, 0.3) is 0 Å². The first-order chi connectivity index (χ1) is 4.94. The summed E-state index contributed by atoms with van der Waals surface area (Å²) in [5, 5.41) is 0. The Labute approximate surface area is 82.9 Å². The summed E-state index contributed by atoms with van der Waals surface area (Å²) in [5.74, 6) is -0.131. The normalized spacial score (nSPS) is 33.1. The lowest BCUT2D eigenvalue weighted by atomic mass is 10.1. The molecule has 0 aromatic carbocycles. The first-order valence-corrected chi connectivity index (χ1v) is 5.08. The van der Waals surface area contributed by atoms with Gasteiger partial charge in [-0.05, 0) is 20.3 Å². The van der Waals surface area contributed by atoms with Crippen LogP contribution in [0.1, 0.15) is 20.3 Å². The molecule has 0 radical (unpaired) electrons. The molecule has 2 nitrogen and oxygen atoms in total. The number of hydrogen-bond acceptors (Lipinski definition) is 2. The van der Waals surface area contributed by atoms with E-state index in [-0.39, 0.29) is 14.6 Å². The molecule has 0 bridgehead atoms. The fourth-order valence-electron chi connectivity index (χ4n) is 0.912. The third kappa shape index (κ3) is 1.47. The zero-order chi connectivity index (χ0) is 8.70. The van der Waals surface area contributed by atoms with Gasteiger partial charge in [-0.1, -0.05) is 31.9 Å². The first kappa shape index (κ1) is 9.52. The molecule has 1 aliphatic rings. The quantitative estimate of drug-likeness (QED) is 0.575. The molecule has 1 aliphatic carbocycles. The molecule has 0 aromatic heterocycles. The molecular weight excluding hydrogens is 276 g/mol. The highest BCUT2D eigenvalue weighted by molar-refractivity contribution is 9.25. The van der Waals surface area contributed by atoms with Crippen LogP contribution in [0.5, 0.6) is 0 Å². The molecule has 64 valence electrons. The number of ether oxygens (including phenoxy) is 1. The zero-order valence-corrected chi connectivity index (χ0v) is 9.66. The van der Waals surface area contributed by atoms with Gasteiger partial charge in [0.2, 0.25) is 0 Å². The number of rotatable bonds is 2. The summed E-state index contributed by atoms with van der Waals surface area (Å²) >= 11 is 6.79. The van der Waals surface area contributed by atoms with E-state index in [4.69, 9.17) is 4.74 Å². The van der Waals surface area contributed by atoms with Gasteiger partial charge < -0.3 is 4.74 Å². The van der Waals surface area contributed by atoms with Crippen molar-refractivity contribution in [3.8, 4) is 0 Å². The van der Waals surface area contributed by atoms with Crippen molar-refractivity contribution < 1.29 is 9.53 Å². The minimum atomic E-state index is -0.372. The second kappa shape index (κ2) is 2.73. The number of alkyl halides is 2. The Bertz CT molecular complexity index is 191. The van der Waals surface area contributed by atoms with Crippen molar-refractivity contribution in [2.75, 3.05) is 6.61 Å². The predicted molar refractivity (Wildman–Crippen MR) is 49.9 cm³/mol. The van der Waals surface area contributed by atoms with Crippen LogP contribution in [-0.4, -0.2) is 15.8 Å². The van der Waals surface area contributed by atoms with E-state index in [1.165, 1.54) is 0 Å². The van der Waals surface area contributed by atoms with Crippen LogP contribution >= 0.6 is 31.9 Å². The summed E-state index contributed by atoms with van der Waals surface area (Å²) in [4.78, 5) is 11.3. The predicted octanol–water partition coefficient (Wildman–Crippen LogP) is 2.45. The fraction of sp³-hybridized carbons (Fsp3) is 0.857. The second-order valence-corrected chi connectivity index (χ2v) is 6.71. The average Bonchev–Trinajstić information content (AvgIpc) is 2.35. The Hall–Kier alpha value is 0.430. The molecule has 0 unspecified atom stereocenters. The molecule has 0 aliphatic heterocycles. The van der Waals surface area contributed by atoms with Crippen molar-refractivity contribution in [1.29, 1.82) is 0 Å². The van der Waals surface area contributed by atoms with E-state index in [9.17, 15) is 4.79 Å². The topological polar surface area (TPSA) is 26.3 Å². The van der Waals surface area contributed by atoms with Gasteiger partial charge in [-0.15, -0.1) is 0 Å². The van der Waals surface area contributed by atoms with Crippen molar-refractivity contribution in [3.05, 3.63) is 0 Å². The Kier molecular flexibility index (Phi) is 2.36. The molecule has 0 aromatic rings. The molecule has 1 saturated carbocycles. The molecule has 0 saturated heterocycles. The molecular formula is C7H10Br2O2. The minimum absolute atomic E-state index is 0.131. The van der Waals surface area contributed by atoms with Crippen LogP contribution in [0.4, 0.5) is 0 Å². The average molecular weight is 286 g/mol. The number of esters is 1. The number of halogens is 2. The van der Waals surface area contributed by atoms with Crippen molar-refractivity contribution in [2.45, 2.75) is 23.5 Å². The van der Waals surface area contributed by atoms with Gasteiger partial charge in [0.15, 0.2) is 0 Å². The van der Waals surface area contributed by atoms with Gasteiger partial charge in [0.05, 0.1) is 15.3 Å². The number of carbonyl (C=O) groups excluding carboxylic acids is 1. The highest BCUT2D eigenvalue weighted by atomic mass is 79.9. The van der Waals surface area contributed by atoms with Gasteiger partial charge in [-0.2, -0.15) is 0 Å². The van der Waals surface area contributed by atoms with E-state index in [1.54, 1.807) is 0 Å². The zero-order valence-electron chi connectivity index (χ0n) is 6.49. The maximum absolute atomic E-state index is 11.3. The largest absolute Gasteiger partial charge is 0.466 e. The monoisotopic (exact) mass is 284 g/mol. The number of carbonyl (C=O) groups is 1. The van der Waals surface area contributed by atoms with Crippen LogP contribution in [-0.2, 0) is 9.53 Å². The lowest BCUT2D eigenvalue weighted by Crippen LogP contribution is -2.20. The highest BCUT2D eigenvalue weighted by Crippen LogP contribution is 2.66. The first-order valence-electron chi connectivity index (χ1n) is 3.49. The molecule has 11 heavy (non-hydrogen) atoms. The van der Waals surface area contributed by atoms with Crippen LogP contribution < -0.4 is 0 Å². The summed E-state index contributed by atoms with van der Waals surface area (Å²) in [6.07, 6.45) is 0.791. The van der Waals surface area contributed by atoms with Crippen LogP contribution in [0.25, 0.3) is 0 Å². The lowest BCUT2D eigenvalue weighted by molar-refractivity contribution is -0.148. The van der Waals surface area contributed by atoms with Gasteiger partial charge in [0, 0.05) is 0 Å². The summed E-state index contributed by atoms with van der Waals surface area (Å²) in [5.41, 5.74) is -0.372. The molecule has 0 amide bonds. The summed E-state index contributed by atoms with van der Waals surface area (Å²) < 4.78 is 4.68.